The first-order chi connectivity index (χ1) is 6.65. The van der Waals surface area contributed by atoms with Crippen LogP contribution in [0.3, 0.4) is 0 Å². The van der Waals surface area contributed by atoms with Crippen LogP contribution in [0.15, 0.2) is 18.3 Å². The number of ether oxygens (including phenoxy) is 1. The van der Waals surface area contributed by atoms with Gasteiger partial charge in [0.05, 0.1) is 0 Å². The predicted molar refractivity (Wildman–Crippen MR) is 49.8 cm³/mol. The Morgan fingerprint density at radius 3 is 2.79 bits per heavy atom. The highest BCUT2D eigenvalue weighted by Crippen LogP contribution is 2.01. The third kappa shape index (κ3) is 2.35. The van der Waals surface area contributed by atoms with Gasteiger partial charge in [-0.25, -0.2) is 4.79 Å². The van der Waals surface area contributed by atoms with Crippen molar-refractivity contribution in [3.05, 3.63) is 24.0 Å². The molecule has 0 aliphatic rings. The summed E-state index contributed by atoms with van der Waals surface area (Å²) in [5.41, 5.74) is 0.425. The zero-order valence-electron chi connectivity index (χ0n) is 8.11. The fraction of sp³-hybridized carbons (Fsp3) is 0.333. The lowest BCUT2D eigenvalue weighted by Gasteiger charge is -2.04. The van der Waals surface area contributed by atoms with Crippen molar-refractivity contribution in [1.29, 1.82) is 0 Å². The molecule has 0 aliphatic heterocycles. The molecule has 1 heterocycles. The van der Waals surface area contributed by atoms with E-state index in [1.54, 1.807) is 29.9 Å². The highest BCUT2D eigenvalue weighted by molar-refractivity contribution is 5.89. The Bertz CT molecular complexity index is 344. The molecule has 5 heteroatoms. The van der Waals surface area contributed by atoms with E-state index < -0.39 is 5.97 Å². The minimum atomic E-state index is -0.499. The Kier molecular flexibility index (Phi) is 3.28. The first kappa shape index (κ1) is 10.3. The molecule has 0 aromatic carbocycles. The van der Waals surface area contributed by atoms with Crippen molar-refractivity contribution in [3.8, 4) is 0 Å². The van der Waals surface area contributed by atoms with Gasteiger partial charge in [-0.15, -0.1) is 0 Å². The van der Waals surface area contributed by atoms with E-state index in [0.29, 0.717) is 5.69 Å². The second kappa shape index (κ2) is 4.45. The summed E-state index contributed by atoms with van der Waals surface area (Å²) in [5, 5.41) is 2.36. The lowest BCUT2D eigenvalue weighted by molar-refractivity contribution is -0.123. The lowest BCUT2D eigenvalue weighted by Crippen LogP contribution is -2.25. The van der Waals surface area contributed by atoms with Crippen LogP contribution in [0, 0.1) is 0 Å². The van der Waals surface area contributed by atoms with Crippen LogP contribution < -0.4 is 5.32 Å². The number of aryl methyl sites for hydroxylation is 1. The minimum Gasteiger partial charge on any atom is -0.451 e. The summed E-state index contributed by atoms with van der Waals surface area (Å²) in [4.78, 5) is 22.1. The molecule has 0 radical (unpaired) electrons. The molecule has 5 nitrogen and oxygen atoms in total. The van der Waals surface area contributed by atoms with Crippen molar-refractivity contribution >= 4 is 11.9 Å². The van der Waals surface area contributed by atoms with Gasteiger partial charge >= 0.3 is 5.97 Å². The van der Waals surface area contributed by atoms with Crippen LogP contribution in [0.1, 0.15) is 10.5 Å². The van der Waals surface area contributed by atoms with E-state index in [-0.39, 0.29) is 12.5 Å². The third-order valence-corrected chi connectivity index (χ3v) is 1.77. The summed E-state index contributed by atoms with van der Waals surface area (Å²) in [5.74, 6) is -0.825. The number of nitrogens with one attached hydrogen (secondary N) is 1. The number of aromatic nitrogens is 1. The molecule has 0 aliphatic carbocycles. The molecule has 76 valence electrons. The molecular weight excluding hydrogens is 184 g/mol. The van der Waals surface area contributed by atoms with Crippen LogP contribution in [0.2, 0.25) is 0 Å². The molecule has 14 heavy (non-hydrogen) atoms. The van der Waals surface area contributed by atoms with Gasteiger partial charge in [-0.2, -0.15) is 0 Å². The van der Waals surface area contributed by atoms with Crippen LogP contribution in [-0.2, 0) is 16.6 Å². The number of rotatable bonds is 3. The summed E-state index contributed by atoms with van der Waals surface area (Å²) >= 11 is 0. The summed E-state index contributed by atoms with van der Waals surface area (Å²) in [7, 11) is 3.22. The van der Waals surface area contributed by atoms with Crippen LogP contribution in [-0.4, -0.2) is 30.1 Å². The van der Waals surface area contributed by atoms with E-state index >= 15 is 0 Å². The topological polar surface area (TPSA) is 60.3 Å². The molecule has 1 N–H and O–H groups in total. The van der Waals surface area contributed by atoms with Crippen molar-refractivity contribution in [2.45, 2.75) is 0 Å². The highest BCUT2D eigenvalue weighted by atomic mass is 16.5. The first-order valence-corrected chi connectivity index (χ1v) is 4.14. The van der Waals surface area contributed by atoms with Crippen molar-refractivity contribution in [1.82, 2.24) is 9.88 Å². The standard InChI is InChI=1S/C9H12N2O3/c1-10-8(12)6-14-9(13)7-4-3-5-11(7)2/h3-5H,6H2,1-2H3,(H,10,12). The number of amides is 1. The molecule has 1 rings (SSSR count). The Morgan fingerprint density at radius 2 is 2.29 bits per heavy atom. The normalized spacial score (nSPS) is 9.57. The SMILES string of the molecule is CNC(=O)COC(=O)c1cccn1C. The molecular formula is C9H12N2O3. The molecule has 0 bridgehead atoms. The summed E-state index contributed by atoms with van der Waals surface area (Å²) in [6.45, 7) is -0.249. The van der Waals surface area contributed by atoms with Gasteiger partial charge in [0.15, 0.2) is 6.61 Å². The van der Waals surface area contributed by atoms with E-state index in [4.69, 9.17) is 4.74 Å². The van der Waals surface area contributed by atoms with E-state index in [0.717, 1.165) is 0 Å². The maximum atomic E-state index is 11.3. The van der Waals surface area contributed by atoms with Gasteiger partial charge in [-0.1, -0.05) is 0 Å². The summed E-state index contributed by atoms with van der Waals surface area (Å²) < 4.78 is 6.38. The fourth-order valence-corrected chi connectivity index (χ4v) is 0.950. The zero-order valence-corrected chi connectivity index (χ0v) is 8.11. The summed E-state index contributed by atoms with van der Waals surface area (Å²) in [6, 6.07) is 3.36. The zero-order chi connectivity index (χ0) is 10.6. The monoisotopic (exact) mass is 196 g/mol. The van der Waals surface area contributed by atoms with E-state index in [1.165, 1.54) is 7.05 Å². The average Bonchev–Trinajstić information content (AvgIpc) is 2.60. The fourth-order valence-electron chi connectivity index (χ4n) is 0.950. The summed E-state index contributed by atoms with van der Waals surface area (Å²) in [6.07, 6.45) is 1.73. The smallest absolute Gasteiger partial charge is 0.355 e. The van der Waals surface area contributed by atoms with Crippen molar-refractivity contribution in [3.63, 3.8) is 0 Å². The highest BCUT2D eigenvalue weighted by Gasteiger charge is 2.11. The number of carbonyl (C=O) groups is 2. The van der Waals surface area contributed by atoms with Crippen molar-refractivity contribution in [2.75, 3.05) is 13.7 Å². The lowest BCUT2D eigenvalue weighted by atomic mass is 10.4. The number of nitrogens with zero attached hydrogens (tertiary/aromatic N) is 1. The molecule has 0 fully saturated rings. The van der Waals surface area contributed by atoms with Gasteiger partial charge in [0, 0.05) is 20.3 Å². The Hall–Kier alpha value is -1.78. The molecule has 1 aromatic rings. The number of likely N-dealkylation sites (N-methyl/N-ethyl adjacent to an activating group) is 1. The van der Waals surface area contributed by atoms with Crippen LogP contribution in [0.4, 0.5) is 0 Å². The van der Waals surface area contributed by atoms with E-state index in [1.807, 2.05) is 0 Å². The van der Waals surface area contributed by atoms with Crippen LogP contribution >= 0.6 is 0 Å². The largest absolute Gasteiger partial charge is 0.451 e. The molecule has 0 atom stereocenters. The molecule has 0 saturated carbocycles. The van der Waals surface area contributed by atoms with Crippen molar-refractivity contribution < 1.29 is 14.3 Å². The Morgan fingerprint density at radius 1 is 1.57 bits per heavy atom. The number of carbonyl (C=O) groups excluding carboxylic acids is 2. The number of esters is 1. The third-order valence-electron chi connectivity index (χ3n) is 1.77. The Labute approximate surface area is 81.7 Å². The van der Waals surface area contributed by atoms with Crippen molar-refractivity contribution in [2.24, 2.45) is 7.05 Å². The second-order valence-electron chi connectivity index (χ2n) is 2.75. The van der Waals surface area contributed by atoms with Gasteiger partial charge < -0.3 is 14.6 Å². The second-order valence-corrected chi connectivity index (χ2v) is 2.75. The van der Waals surface area contributed by atoms with Gasteiger partial charge in [0.2, 0.25) is 0 Å². The maximum absolute atomic E-state index is 11.3. The van der Waals surface area contributed by atoms with E-state index in [2.05, 4.69) is 5.32 Å². The molecule has 0 spiro atoms. The molecule has 1 aromatic heterocycles. The van der Waals surface area contributed by atoms with E-state index in [9.17, 15) is 9.59 Å². The van der Waals surface area contributed by atoms with Gasteiger partial charge in [0.1, 0.15) is 5.69 Å². The Balaban J connectivity index is 2.52. The first-order valence-electron chi connectivity index (χ1n) is 4.14. The van der Waals surface area contributed by atoms with Gasteiger partial charge in [0.25, 0.3) is 5.91 Å². The minimum absolute atomic E-state index is 0.249. The number of hydrogen-bond acceptors (Lipinski definition) is 3. The number of hydrogen-bond donors (Lipinski definition) is 1. The van der Waals surface area contributed by atoms with Gasteiger partial charge in [-0.05, 0) is 12.1 Å². The van der Waals surface area contributed by atoms with Crippen LogP contribution in [0.25, 0.3) is 0 Å². The maximum Gasteiger partial charge on any atom is 0.355 e. The van der Waals surface area contributed by atoms with Crippen LogP contribution in [0.5, 0.6) is 0 Å². The predicted octanol–water partition coefficient (Wildman–Crippen LogP) is -0.0721. The average molecular weight is 196 g/mol. The van der Waals surface area contributed by atoms with Gasteiger partial charge in [-0.3, -0.25) is 4.79 Å². The quantitative estimate of drug-likeness (QED) is 0.688. The molecule has 0 unspecified atom stereocenters. The molecule has 0 saturated heterocycles. The molecule has 1 amide bonds.